The predicted octanol–water partition coefficient (Wildman–Crippen LogP) is 3.27. The number of hydrogen-bond donors (Lipinski definition) is 1. The first-order valence-corrected chi connectivity index (χ1v) is 6.80. The van der Waals surface area contributed by atoms with Gasteiger partial charge in [0.15, 0.2) is 0 Å². The Kier molecular flexibility index (Phi) is 3.81. The van der Waals surface area contributed by atoms with Gasteiger partial charge in [0.25, 0.3) is 0 Å². The highest BCUT2D eigenvalue weighted by Crippen LogP contribution is 2.30. The molecule has 0 saturated carbocycles. The van der Waals surface area contributed by atoms with Gasteiger partial charge < -0.3 is 10.5 Å². The number of aromatic nitrogens is 1. The molecule has 1 heterocycles. The summed E-state index contributed by atoms with van der Waals surface area (Å²) in [5.74, 6) is 0.802. The molecule has 0 spiro atoms. The summed E-state index contributed by atoms with van der Waals surface area (Å²) in [5, 5.41) is 2.94. The van der Waals surface area contributed by atoms with Crippen molar-refractivity contribution in [3.8, 4) is 5.75 Å². The molecule has 5 heteroatoms. The summed E-state index contributed by atoms with van der Waals surface area (Å²) in [6.45, 7) is 1.97. The van der Waals surface area contributed by atoms with Gasteiger partial charge in [0, 0.05) is 11.1 Å². The zero-order valence-electron chi connectivity index (χ0n) is 9.61. The summed E-state index contributed by atoms with van der Waals surface area (Å²) >= 11 is 5.04. The third-order valence-electron chi connectivity index (χ3n) is 2.44. The molecule has 2 aromatic rings. The second kappa shape index (κ2) is 5.16. The normalized spacial score (nSPS) is 12.5. The molecule has 2 rings (SSSR count). The van der Waals surface area contributed by atoms with Gasteiger partial charge in [0.05, 0.1) is 17.6 Å². The highest BCUT2D eigenvalue weighted by Gasteiger charge is 2.14. The smallest absolute Gasteiger partial charge is 0.133 e. The van der Waals surface area contributed by atoms with Crippen molar-refractivity contribution in [2.45, 2.75) is 13.0 Å². The average molecular weight is 313 g/mol. The van der Waals surface area contributed by atoms with Crippen LogP contribution in [0, 0.1) is 6.92 Å². The Morgan fingerprint density at radius 2 is 2.24 bits per heavy atom. The molecule has 0 amide bonds. The van der Waals surface area contributed by atoms with E-state index in [1.807, 2.05) is 30.5 Å². The maximum Gasteiger partial charge on any atom is 0.133 e. The molecule has 0 aliphatic heterocycles. The molecule has 0 bridgehead atoms. The Hall–Kier alpha value is -0.910. The van der Waals surface area contributed by atoms with Gasteiger partial charge in [-0.1, -0.05) is 6.07 Å². The summed E-state index contributed by atoms with van der Waals surface area (Å²) in [7, 11) is 1.64. The molecule has 0 aliphatic carbocycles. The van der Waals surface area contributed by atoms with Gasteiger partial charge in [-0.3, -0.25) is 0 Å². The number of hydrogen-bond acceptors (Lipinski definition) is 4. The summed E-state index contributed by atoms with van der Waals surface area (Å²) in [6, 6.07) is 5.65. The fourth-order valence-electron chi connectivity index (χ4n) is 1.53. The van der Waals surface area contributed by atoms with Crippen LogP contribution in [0.3, 0.4) is 0 Å². The third-order valence-corrected chi connectivity index (χ3v) is 4.10. The van der Waals surface area contributed by atoms with Gasteiger partial charge in [-0.25, -0.2) is 4.98 Å². The van der Waals surface area contributed by atoms with Crippen LogP contribution in [0.15, 0.2) is 28.1 Å². The van der Waals surface area contributed by atoms with Gasteiger partial charge >= 0.3 is 0 Å². The van der Waals surface area contributed by atoms with Crippen LogP contribution >= 0.6 is 27.3 Å². The first kappa shape index (κ1) is 12.5. The van der Waals surface area contributed by atoms with E-state index in [1.165, 1.54) is 0 Å². The molecule has 3 nitrogen and oxygen atoms in total. The fourth-order valence-corrected chi connectivity index (χ4v) is 2.92. The zero-order valence-corrected chi connectivity index (χ0v) is 12.0. The van der Waals surface area contributed by atoms with E-state index in [0.717, 1.165) is 26.5 Å². The van der Waals surface area contributed by atoms with E-state index in [-0.39, 0.29) is 6.04 Å². The number of aryl methyl sites for hydroxylation is 1. The summed E-state index contributed by atoms with van der Waals surface area (Å²) < 4.78 is 6.09. The Morgan fingerprint density at radius 3 is 2.76 bits per heavy atom. The predicted molar refractivity (Wildman–Crippen MR) is 73.6 cm³/mol. The Labute approximate surface area is 113 Å². The molecule has 0 fully saturated rings. The van der Waals surface area contributed by atoms with E-state index in [2.05, 4.69) is 20.9 Å². The van der Waals surface area contributed by atoms with Gasteiger partial charge in [-0.2, -0.15) is 0 Å². The topological polar surface area (TPSA) is 48.1 Å². The fraction of sp³-hybridized carbons (Fsp3) is 0.250. The standard InChI is InChI=1S/C12H13BrN2OS/c1-7-6-17-12(15-7)11(14)8-3-4-10(16-2)9(13)5-8/h3-6,11H,14H2,1-2H3. The van der Waals surface area contributed by atoms with Crippen molar-refractivity contribution < 1.29 is 4.74 Å². The molecule has 1 aromatic carbocycles. The number of halogens is 1. The maximum atomic E-state index is 6.18. The van der Waals surface area contributed by atoms with Crippen molar-refractivity contribution in [2.24, 2.45) is 5.73 Å². The van der Waals surface area contributed by atoms with Crippen LogP contribution in [0.25, 0.3) is 0 Å². The Balaban J connectivity index is 2.31. The molecule has 1 atom stereocenters. The van der Waals surface area contributed by atoms with Crippen molar-refractivity contribution in [1.29, 1.82) is 0 Å². The van der Waals surface area contributed by atoms with Crippen molar-refractivity contribution in [2.75, 3.05) is 7.11 Å². The molecule has 90 valence electrons. The van der Waals surface area contributed by atoms with Crippen molar-refractivity contribution >= 4 is 27.3 Å². The number of thiazole rings is 1. The molecule has 1 unspecified atom stereocenters. The summed E-state index contributed by atoms with van der Waals surface area (Å²) in [4.78, 5) is 4.41. The Morgan fingerprint density at radius 1 is 1.47 bits per heavy atom. The largest absolute Gasteiger partial charge is 0.496 e. The van der Waals surface area contributed by atoms with E-state index < -0.39 is 0 Å². The van der Waals surface area contributed by atoms with Crippen LogP contribution in [0.2, 0.25) is 0 Å². The molecular formula is C12H13BrN2OS. The van der Waals surface area contributed by atoms with E-state index in [0.29, 0.717) is 0 Å². The summed E-state index contributed by atoms with van der Waals surface area (Å²) in [6.07, 6.45) is 0. The van der Waals surface area contributed by atoms with Gasteiger partial charge in [0.2, 0.25) is 0 Å². The molecule has 0 aliphatic rings. The highest BCUT2D eigenvalue weighted by molar-refractivity contribution is 9.10. The number of rotatable bonds is 3. The first-order chi connectivity index (χ1) is 8.11. The van der Waals surface area contributed by atoms with E-state index in [4.69, 9.17) is 10.5 Å². The van der Waals surface area contributed by atoms with E-state index in [1.54, 1.807) is 18.4 Å². The zero-order chi connectivity index (χ0) is 12.4. The molecular weight excluding hydrogens is 300 g/mol. The lowest BCUT2D eigenvalue weighted by atomic mass is 10.1. The monoisotopic (exact) mass is 312 g/mol. The lowest BCUT2D eigenvalue weighted by Gasteiger charge is -2.11. The summed E-state index contributed by atoms with van der Waals surface area (Å²) in [5.41, 5.74) is 8.20. The Bertz CT molecular complexity index is 527. The second-order valence-corrected chi connectivity index (χ2v) is 5.44. The quantitative estimate of drug-likeness (QED) is 0.946. The minimum Gasteiger partial charge on any atom is -0.496 e. The van der Waals surface area contributed by atoms with Gasteiger partial charge in [0.1, 0.15) is 10.8 Å². The van der Waals surface area contributed by atoms with Crippen LogP contribution in [-0.4, -0.2) is 12.1 Å². The number of nitrogens with two attached hydrogens (primary N) is 1. The van der Waals surface area contributed by atoms with Crippen molar-refractivity contribution in [3.63, 3.8) is 0 Å². The van der Waals surface area contributed by atoms with Crippen LogP contribution in [0.4, 0.5) is 0 Å². The SMILES string of the molecule is COc1ccc(C(N)c2nc(C)cs2)cc1Br. The van der Waals surface area contributed by atoms with Crippen molar-refractivity contribution in [1.82, 2.24) is 4.98 Å². The second-order valence-electron chi connectivity index (χ2n) is 3.70. The van der Waals surface area contributed by atoms with E-state index in [9.17, 15) is 0 Å². The number of methoxy groups -OCH3 is 1. The molecule has 0 saturated heterocycles. The number of ether oxygens (including phenoxy) is 1. The molecule has 2 N–H and O–H groups in total. The van der Waals surface area contributed by atoms with Crippen LogP contribution in [0.5, 0.6) is 5.75 Å². The molecule has 1 aromatic heterocycles. The minimum absolute atomic E-state index is 0.184. The third kappa shape index (κ3) is 2.68. The average Bonchev–Trinajstić information content (AvgIpc) is 2.75. The minimum atomic E-state index is -0.184. The van der Waals surface area contributed by atoms with Gasteiger partial charge in [-0.15, -0.1) is 11.3 Å². The van der Waals surface area contributed by atoms with Crippen LogP contribution in [-0.2, 0) is 0 Å². The van der Waals surface area contributed by atoms with Crippen LogP contribution in [0.1, 0.15) is 22.3 Å². The first-order valence-electron chi connectivity index (χ1n) is 5.13. The lowest BCUT2D eigenvalue weighted by Crippen LogP contribution is -2.11. The maximum absolute atomic E-state index is 6.18. The molecule has 0 radical (unpaired) electrons. The molecule has 17 heavy (non-hydrogen) atoms. The lowest BCUT2D eigenvalue weighted by molar-refractivity contribution is 0.412. The number of benzene rings is 1. The number of nitrogens with zero attached hydrogens (tertiary/aromatic N) is 1. The van der Waals surface area contributed by atoms with Gasteiger partial charge in [-0.05, 0) is 40.5 Å². The van der Waals surface area contributed by atoms with Crippen LogP contribution < -0.4 is 10.5 Å². The van der Waals surface area contributed by atoms with Crippen molar-refractivity contribution in [3.05, 3.63) is 44.3 Å². The highest BCUT2D eigenvalue weighted by atomic mass is 79.9. The van der Waals surface area contributed by atoms with E-state index >= 15 is 0 Å².